The van der Waals surface area contributed by atoms with Crippen molar-refractivity contribution >= 4 is 0 Å². The van der Waals surface area contributed by atoms with Crippen LogP contribution in [0.3, 0.4) is 0 Å². The summed E-state index contributed by atoms with van der Waals surface area (Å²) in [6, 6.07) is 6.82. The molecule has 0 amide bonds. The van der Waals surface area contributed by atoms with Gasteiger partial charge >= 0.3 is 0 Å². The second kappa shape index (κ2) is 8.25. The van der Waals surface area contributed by atoms with Gasteiger partial charge in [-0.1, -0.05) is 30.7 Å². The second-order valence-corrected chi connectivity index (χ2v) is 4.54. The highest BCUT2D eigenvalue weighted by Gasteiger charge is 2.12. The Balaban J connectivity index is 2.64. The van der Waals surface area contributed by atoms with Gasteiger partial charge in [0.2, 0.25) is 0 Å². The summed E-state index contributed by atoms with van der Waals surface area (Å²) < 4.78 is 10.6. The first-order chi connectivity index (χ1) is 8.69. The zero-order valence-corrected chi connectivity index (χ0v) is 12.0. The van der Waals surface area contributed by atoms with Crippen LogP contribution in [0.5, 0.6) is 0 Å². The molecule has 0 bridgehead atoms. The molecule has 1 N–H and O–H groups in total. The number of ether oxygens (including phenoxy) is 2. The van der Waals surface area contributed by atoms with Gasteiger partial charge < -0.3 is 14.8 Å². The molecule has 3 nitrogen and oxygen atoms in total. The van der Waals surface area contributed by atoms with Gasteiger partial charge in [-0.3, -0.25) is 0 Å². The van der Waals surface area contributed by atoms with Crippen molar-refractivity contribution in [3.63, 3.8) is 0 Å². The molecule has 0 fully saturated rings. The smallest absolute Gasteiger partial charge is 0.0701 e. The molecule has 102 valence electrons. The van der Waals surface area contributed by atoms with Crippen LogP contribution < -0.4 is 5.32 Å². The first-order valence-electron chi connectivity index (χ1n) is 6.56. The van der Waals surface area contributed by atoms with Crippen molar-refractivity contribution in [1.29, 1.82) is 0 Å². The van der Waals surface area contributed by atoms with Crippen LogP contribution in [0.1, 0.15) is 29.7 Å². The Kier molecular flexibility index (Phi) is 6.94. The van der Waals surface area contributed by atoms with Crippen molar-refractivity contribution in [2.45, 2.75) is 26.8 Å². The summed E-state index contributed by atoms with van der Waals surface area (Å²) in [5, 5.41) is 3.47. The first-order valence-corrected chi connectivity index (χ1v) is 6.56. The van der Waals surface area contributed by atoms with Gasteiger partial charge in [-0.2, -0.15) is 0 Å². The van der Waals surface area contributed by atoms with E-state index in [1.54, 1.807) is 7.11 Å². The Labute approximate surface area is 110 Å². The number of hydrogen-bond acceptors (Lipinski definition) is 3. The third-order valence-corrected chi connectivity index (χ3v) is 2.97. The number of benzene rings is 1. The summed E-state index contributed by atoms with van der Waals surface area (Å²) in [6.07, 6.45) is 0. The molecule has 1 rings (SSSR count). The van der Waals surface area contributed by atoms with E-state index < -0.39 is 0 Å². The van der Waals surface area contributed by atoms with Gasteiger partial charge in [-0.05, 0) is 31.5 Å². The van der Waals surface area contributed by atoms with Crippen molar-refractivity contribution in [1.82, 2.24) is 5.32 Å². The summed E-state index contributed by atoms with van der Waals surface area (Å²) in [4.78, 5) is 0. The van der Waals surface area contributed by atoms with E-state index in [9.17, 15) is 0 Å². The molecule has 0 spiro atoms. The van der Waals surface area contributed by atoms with E-state index in [2.05, 4.69) is 44.3 Å². The van der Waals surface area contributed by atoms with Gasteiger partial charge in [0.1, 0.15) is 0 Å². The highest BCUT2D eigenvalue weighted by Crippen LogP contribution is 2.19. The molecule has 3 heteroatoms. The highest BCUT2D eigenvalue weighted by atomic mass is 16.5. The number of nitrogens with one attached hydrogen (secondary N) is 1. The van der Waals surface area contributed by atoms with E-state index in [1.807, 2.05) is 0 Å². The fourth-order valence-corrected chi connectivity index (χ4v) is 2.07. The fraction of sp³-hybridized carbons (Fsp3) is 0.600. The summed E-state index contributed by atoms with van der Waals surface area (Å²) in [6.45, 7) is 9.30. The average Bonchev–Trinajstić information content (AvgIpc) is 2.34. The Hall–Kier alpha value is -0.900. The Morgan fingerprint density at radius 3 is 2.61 bits per heavy atom. The third kappa shape index (κ3) is 4.77. The second-order valence-electron chi connectivity index (χ2n) is 4.54. The van der Waals surface area contributed by atoms with Gasteiger partial charge in [-0.15, -0.1) is 0 Å². The predicted molar refractivity (Wildman–Crippen MR) is 75.0 cm³/mol. The molecule has 0 heterocycles. The number of methoxy groups -OCH3 is 1. The molecule has 18 heavy (non-hydrogen) atoms. The SMILES string of the molecule is CCNC(COCCOC)c1ccc(C)cc1C. The Morgan fingerprint density at radius 1 is 1.22 bits per heavy atom. The fourth-order valence-electron chi connectivity index (χ4n) is 2.07. The topological polar surface area (TPSA) is 30.5 Å². The van der Waals surface area contributed by atoms with Crippen molar-refractivity contribution in [3.8, 4) is 0 Å². The van der Waals surface area contributed by atoms with E-state index >= 15 is 0 Å². The van der Waals surface area contributed by atoms with Gasteiger partial charge in [0.15, 0.2) is 0 Å². The molecule has 0 saturated heterocycles. The summed E-state index contributed by atoms with van der Waals surface area (Å²) in [7, 11) is 1.69. The minimum Gasteiger partial charge on any atom is -0.382 e. The van der Waals surface area contributed by atoms with Crippen LogP contribution in [-0.4, -0.2) is 33.5 Å². The van der Waals surface area contributed by atoms with Crippen LogP contribution in [0.4, 0.5) is 0 Å². The van der Waals surface area contributed by atoms with E-state index in [4.69, 9.17) is 9.47 Å². The van der Waals surface area contributed by atoms with E-state index in [0.29, 0.717) is 19.8 Å². The third-order valence-electron chi connectivity index (χ3n) is 2.97. The molecule has 0 radical (unpaired) electrons. The van der Waals surface area contributed by atoms with Crippen LogP contribution in [0.2, 0.25) is 0 Å². The van der Waals surface area contributed by atoms with E-state index in [-0.39, 0.29) is 6.04 Å². The molecular formula is C15H25NO2. The number of aryl methyl sites for hydroxylation is 2. The average molecular weight is 251 g/mol. The summed E-state index contributed by atoms with van der Waals surface area (Å²) in [5.74, 6) is 0. The number of hydrogen-bond donors (Lipinski definition) is 1. The minimum atomic E-state index is 0.257. The number of likely N-dealkylation sites (N-methyl/N-ethyl adjacent to an activating group) is 1. The van der Waals surface area contributed by atoms with E-state index in [0.717, 1.165) is 6.54 Å². The van der Waals surface area contributed by atoms with Crippen molar-refractivity contribution in [2.24, 2.45) is 0 Å². The normalized spacial score (nSPS) is 12.7. The number of rotatable bonds is 8. The maximum Gasteiger partial charge on any atom is 0.0701 e. The van der Waals surface area contributed by atoms with Crippen LogP contribution in [-0.2, 0) is 9.47 Å². The monoisotopic (exact) mass is 251 g/mol. The molecule has 1 atom stereocenters. The molecule has 0 saturated carbocycles. The highest BCUT2D eigenvalue weighted by molar-refractivity contribution is 5.32. The minimum absolute atomic E-state index is 0.257. The molecule has 0 aliphatic rings. The first kappa shape index (κ1) is 15.2. The van der Waals surface area contributed by atoms with Crippen LogP contribution >= 0.6 is 0 Å². The molecule has 1 unspecified atom stereocenters. The van der Waals surface area contributed by atoms with E-state index in [1.165, 1.54) is 16.7 Å². The zero-order chi connectivity index (χ0) is 13.4. The largest absolute Gasteiger partial charge is 0.382 e. The van der Waals surface area contributed by atoms with Crippen LogP contribution in [0.25, 0.3) is 0 Å². The van der Waals surface area contributed by atoms with Crippen LogP contribution in [0, 0.1) is 13.8 Å². The molecule has 1 aromatic carbocycles. The van der Waals surface area contributed by atoms with Crippen molar-refractivity contribution in [3.05, 3.63) is 34.9 Å². The lowest BCUT2D eigenvalue weighted by molar-refractivity contribution is 0.0587. The lowest BCUT2D eigenvalue weighted by Gasteiger charge is -2.20. The van der Waals surface area contributed by atoms with Crippen LogP contribution in [0.15, 0.2) is 18.2 Å². The summed E-state index contributed by atoms with van der Waals surface area (Å²) >= 11 is 0. The van der Waals surface area contributed by atoms with Crippen molar-refractivity contribution < 1.29 is 9.47 Å². The molecule has 0 aromatic heterocycles. The summed E-state index contributed by atoms with van der Waals surface area (Å²) in [5.41, 5.74) is 3.93. The lowest BCUT2D eigenvalue weighted by atomic mass is 9.99. The Bertz CT molecular complexity index is 352. The quantitative estimate of drug-likeness (QED) is 0.720. The lowest BCUT2D eigenvalue weighted by Crippen LogP contribution is -2.26. The predicted octanol–water partition coefficient (Wildman–Crippen LogP) is 2.62. The molecular weight excluding hydrogens is 226 g/mol. The maximum atomic E-state index is 5.64. The standard InChI is InChI=1S/C15H25NO2/c1-5-16-15(11-18-9-8-17-4)14-7-6-12(2)10-13(14)3/h6-7,10,15-16H,5,8-9,11H2,1-4H3. The van der Waals surface area contributed by atoms with Crippen molar-refractivity contribution in [2.75, 3.05) is 33.5 Å². The van der Waals surface area contributed by atoms with Gasteiger partial charge in [0.25, 0.3) is 0 Å². The molecule has 1 aromatic rings. The van der Waals surface area contributed by atoms with Gasteiger partial charge in [0, 0.05) is 7.11 Å². The van der Waals surface area contributed by atoms with Gasteiger partial charge in [0.05, 0.1) is 25.9 Å². The Morgan fingerprint density at radius 2 is 2.00 bits per heavy atom. The zero-order valence-electron chi connectivity index (χ0n) is 12.0. The molecule has 0 aliphatic heterocycles. The van der Waals surface area contributed by atoms with Gasteiger partial charge in [-0.25, -0.2) is 0 Å². The molecule has 0 aliphatic carbocycles. The maximum absolute atomic E-state index is 5.64.